The molecule has 0 aromatic heterocycles. The van der Waals surface area contributed by atoms with E-state index in [9.17, 15) is 4.79 Å². The molecule has 3 atom stereocenters. The third-order valence-corrected chi connectivity index (χ3v) is 3.02. The molecule has 0 aliphatic heterocycles. The van der Waals surface area contributed by atoms with Gasteiger partial charge in [-0.15, -0.1) is 0 Å². The molecule has 3 unspecified atom stereocenters. The van der Waals surface area contributed by atoms with E-state index in [1.807, 2.05) is 6.92 Å². The molecule has 3 heteroatoms. The summed E-state index contributed by atoms with van der Waals surface area (Å²) in [5.41, 5.74) is 0. The maximum atomic E-state index is 11.0. The monoisotopic (exact) mass is 211 g/mol. The largest absolute Gasteiger partial charge is 0.444 e. The second-order valence-electron chi connectivity index (χ2n) is 4.32. The van der Waals surface area contributed by atoms with Crippen LogP contribution in [0.25, 0.3) is 0 Å². The molecule has 0 aromatic rings. The van der Waals surface area contributed by atoms with Gasteiger partial charge in [-0.05, 0) is 25.7 Å². The van der Waals surface area contributed by atoms with Gasteiger partial charge in [0.2, 0.25) is 0 Å². The fourth-order valence-corrected chi connectivity index (χ4v) is 2.12. The van der Waals surface area contributed by atoms with E-state index in [1.54, 1.807) is 0 Å². The summed E-state index contributed by atoms with van der Waals surface area (Å²) in [6.07, 6.45) is 6.00. The zero-order chi connectivity index (χ0) is 11.3. The molecule has 1 rings (SSSR count). The molecule has 0 heterocycles. The molecule has 1 saturated carbocycles. The van der Waals surface area contributed by atoms with Crippen molar-refractivity contribution in [2.75, 3.05) is 0 Å². The van der Waals surface area contributed by atoms with Crippen LogP contribution in [0.2, 0.25) is 0 Å². The average molecular weight is 211 g/mol. The molecule has 86 valence electrons. The molecule has 0 spiro atoms. The summed E-state index contributed by atoms with van der Waals surface area (Å²) < 4.78 is 5.08. The predicted molar refractivity (Wildman–Crippen MR) is 60.3 cm³/mol. The highest BCUT2D eigenvalue weighted by atomic mass is 16.6. The fourth-order valence-electron chi connectivity index (χ4n) is 2.12. The Hall–Kier alpha value is -0.830. The first-order valence-electron chi connectivity index (χ1n) is 5.72. The Morgan fingerprint density at radius 3 is 2.80 bits per heavy atom. The molecular weight excluding hydrogens is 190 g/mol. The SMILES string of the molecule is C=CC(=O)OC(C)NC1CCCCC1C. The van der Waals surface area contributed by atoms with Crippen molar-refractivity contribution in [1.29, 1.82) is 0 Å². The van der Waals surface area contributed by atoms with Crippen molar-refractivity contribution in [1.82, 2.24) is 5.32 Å². The van der Waals surface area contributed by atoms with Crippen LogP contribution in [0.4, 0.5) is 0 Å². The van der Waals surface area contributed by atoms with Crippen molar-refractivity contribution in [2.45, 2.75) is 51.8 Å². The molecule has 1 fully saturated rings. The molecule has 0 amide bonds. The maximum absolute atomic E-state index is 11.0. The van der Waals surface area contributed by atoms with Crippen LogP contribution < -0.4 is 5.32 Å². The average Bonchev–Trinajstić information content (AvgIpc) is 2.21. The second-order valence-corrected chi connectivity index (χ2v) is 4.32. The summed E-state index contributed by atoms with van der Waals surface area (Å²) in [4.78, 5) is 11.0. The minimum absolute atomic E-state index is 0.221. The quantitative estimate of drug-likeness (QED) is 0.440. The summed E-state index contributed by atoms with van der Waals surface area (Å²) in [7, 11) is 0. The Kier molecular flexibility index (Phi) is 4.82. The standard InChI is InChI=1S/C12H21NO2/c1-4-12(14)15-10(3)13-11-8-6-5-7-9(11)2/h4,9-11,13H,1,5-8H2,2-3H3. The number of carbonyl (C=O) groups excluding carboxylic acids is 1. The van der Waals surface area contributed by atoms with Gasteiger partial charge in [-0.3, -0.25) is 5.32 Å². The van der Waals surface area contributed by atoms with Gasteiger partial charge < -0.3 is 4.74 Å². The molecule has 0 bridgehead atoms. The fraction of sp³-hybridized carbons (Fsp3) is 0.750. The van der Waals surface area contributed by atoms with Crippen LogP contribution in [0.5, 0.6) is 0 Å². The van der Waals surface area contributed by atoms with Gasteiger partial charge in [-0.2, -0.15) is 0 Å². The predicted octanol–water partition coefficient (Wildman–Crippen LogP) is 2.23. The third kappa shape index (κ3) is 4.04. The molecule has 15 heavy (non-hydrogen) atoms. The van der Waals surface area contributed by atoms with E-state index in [2.05, 4.69) is 18.8 Å². The summed E-state index contributed by atoms with van der Waals surface area (Å²) in [5, 5.41) is 3.34. The number of hydrogen-bond donors (Lipinski definition) is 1. The second kappa shape index (κ2) is 5.91. The van der Waals surface area contributed by atoms with Crippen LogP contribution in [0.1, 0.15) is 39.5 Å². The van der Waals surface area contributed by atoms with Crippen LogP contribution in [0.15, 0.2) is 12.7 Å². The van der Waals surface area contributed by atoms with Gasteiger partial charge in [0.15, 0.2) is 6.23 Å². The van der Waals surface area contributed by atoms with Crippen molar-refractivity contribution in [3.05, 3.63) is 12.7 Å². The first kappa shape index (κ1) is 12.2. The molecule has 0 saturated heterocycles. The number of carbonyl (C=O) groups is 1. The summed E-state index contributed by atoms with van der Waals surface area (Å²) in [6, 6.07) is 0.478. The highest BCUT2D eigenvalue weighted by Gasteiger charge is 2.23. The normalized spacial score (nSPS) is 28.1. The van der Waals surface area contributed by atoms with Gasteiger partial charge in [0, 0.05) is 12.1 Å². The Labute approximate surface area is 91.9 Å². The lowest BCUT2D eigenvalue weighted by Crippen LogP contribution is -2.44. The summed E-state index contributed by atoms with van der Waals surface area (Å²) in [6.45, 7) is 7.49. The van der Waals surface area contributed by atoms with E-state index in [4.69, 9.17) is 4.74 Å². The van der Waals surface area contributed by atoms with Gasteiger partial charge in [0.05, 0.1) is 0 Å². The van der Waals surface area contributed by atoms with Gasteiger partial charge in [-0.25, -0.2) is 4.79 Å². The molecule has 0 aromatic carbocycles. The van der Waals surface area contributed by atoms with Crippen LogP contribution in [-0.4, -0.2) is 18.2 Å². The number of ether oxygens (including phenoxy) is 1. The Morgan fingerprint density at radius 1 is 1.53 bits per heavy atom. The number of nitrogens with one attached hydrogen (secondary N) is 1. The number of esters is 1. The minimum atomic E-state index is -0.363. The van der Waals surface area contributed by atoms with Gasteiger partial charge in [-0.1, -0.05) is 26.3 Å². The van der Waals surface area contributed by atoms with Gasteiger partial charge in [0.25, 0.3) is 0 Å². The number of rotatable bonds is 4. The van der Waals surface area contributed by atoms with Crippen LogP contribution in [0.3, 0.4) is 0 Å². The topological polar surface area (TPSA) is 38.3 Å². The summed E-state index contributed by atoms with van der Waals surface area (Å²) in [5.74, 6) is 0.307. The zero-order valence-electron chi connectivity index (χ0n) is 9.66. The van der Waals surface area contributed by atoms with E-state index in [1.165, 1.54) is 31.8 Å². The molecule has 1 N–H and O–H groups in total. The first-order chi connectivity index (χ1) is 7.13. The molecule has 3 nitrogen and oxygen atoms in total. The highest BCUT2D eigenvalue weighted by molar-refractivity contribution is 5.81. The molecule has 1 aliphatic carbocycles. The lowest BCUT2D eigenvalue weighted by molar-refractivity contribution is -0.144. The Balaban J connectivity index is 2.32. The lowest BCUT2D eigenvalue weighted by atomic mass is 9.86. The third-order valence-electron chi connectivity index (χ3n) is 3.02. The van der Waals surface area contributed by atoms with Crippen molar-refractivity contribution >= 4 is 5.97 Å². The van der Waals surface area contributed by atoms with Crippen molar-refractivity contribution in [3.63, 3.8) is 0 Å². The maximum Gasteiger partial charge on any atom is 0.331 e. The van der Waals surface area contributed by atoms with E-state index in [0.29, 0.717) is 12.0 Å². The molecular formula is C12H21NO2. The first-order valence-corrected chi connectivity index (χ1v) is 5.72. The summed E-state index contributed by atoms with van der Waals surface area (Å²) >= 11 is 0. The Bertz CT molecular complexity index is 228. The Morgan fingerprint density at radius 2 is 2.20 bits per heavy atom. The molecule has 1 aliphatic rings. The van der Waals surface area contributed by atoms with Crippen LogP contribution in [0, 0.1) is 5.92 Å². The van der Waals surface area contributed by atoms with Crippen LogP contribution >= 0.6 is 0 Å². The van der Waals surface area contributed by atoms with E-state index in [-0.39, 0.29) is 12.2 Å². The van der Waals surface area contributed by atoms with Gasteiger partial charge in [0.1, 0.15) is 0 Å². The zero-order valence-corrected chi connectivity index (χ0v) is 9.66. The van der Waals surface area contributed by atoms with E-state index < -0.39 is 0 Å². The van der Waals surface area contributed by atoms with Crippen LogP contribution in [-0.2, 0) is 9.53 Å². The minimum Gasteiger partial charge on any atom is -0.444 e. The van der Waals surface area contributed by atoms with Crippen molar-refractivity contribution in [2.24, 2.45) is 5.92 Å². The molecule has 0 radical (unpaired) electrons. The van der Waals surface area contributed by atoms with E-state index in [0.717, 1.165) is 0 Å². The number of hydrogen-bond acceptors (Lipinski definition) is 3. The smallest absolute Gasteiger partial charge is 0.331 e. The lowest BCUT2D eigenvalue weighted by Gasteiger charge is -2.31. The highest BCUT2D eigenvalue weighted by Crippen LogP contribution is 2.24. The van der Waals surface area contributed by atoms with Gasteiger partial charge >= 0.3 is 5.97 Å². The van der Waals surface area contributed by atoms with Crippen molar-refractivity contribution in [3.8, 4) is 0 Å². The van der Waals surface area contributed by atoms with Crippen molar-refractivity contribution < 1.29 is 9.53 Å². The van der Waals surface area contributed by atoms with E-state index >= 15 is 0 Å².